The first kappa shape index (κ1) is 22.9. The van der Waals surface area contributed by atoms with Crippen molar-refractivity contribution < 1.29 is 4.52 Å². The molecule has 0 saturated carbocycles. The summed E-state index contributed by atoms with van der Waals surface area (Å²) in [6, 6.07) is 10.3. The molecule has 29 heavy (non-hydrogen) atoms. The summed E-state index contributed by atoms with van der Waals surface area (Å²) in [6.45, 7) is 9.91. The van der Waals surface area contributed by atoms with Crippen molar-refractivity contribution >= 4 is 29.9 Å². The molecule has 3 rings (SSSR count). The van der Waals surface area contributed by atoms with Gasteiger partial charge < -0.3 is 15.2 Å². The second-order valence-corrected chi connectivity index (χ2v) is 6.57. The van der Waals surface area contributed by atoms with E-state index in [1.807, 2.05) is 37.6 Å². The molecule has 9 heteroatoms. The molecule has 3 aromatic rings. The molecule has 0 spiro atoms. The molecular weight excluding hydrogens is 481 g/mol. The first-order chi connectivity index (χ1) is 13.6. The molecule has 2 aromatic heterocycles. The van der Waals surface area contributed by atoms with E-state index in [1.54, 1.807) is 0 Å². The minimum absolute atomic E-state index is 0. The smallest absolute Gasteiger partial charge is 0.228 e. The molecule has 0 aliphatic rings. The number of aryl methyl sites for hydroxylation is 3. The maximum absolute atomic E-state index is 5.14. The quantitative estimate of drug-likeness (QED) is 0.289. The van der Waals surface area contributed by atoms with Crippen molar-refractivity contribution in [3.63, 3.8) is 0 Å². The summed E-state index contributed by atoms with van der Waals surface area (Å²) in [5.41, 5.74) is 4.27. The highest BCUT2D eigenvalue weighted by molar-refractivity contribution is 14.0. The zero-order valence-corrected chi connectivity index (χ0v) is 19.6. The van der Waals surface area contributed by atoms with Gasteiger partial charge in [-0.2, -0.15) is 10.1 Å². The zero-order valence-electron chi connectivity index (χ0n) is 17.3. The maximum atomic E-state index is 5.14. The lowest BCUT2D eigenvalue weighted by atomic mass is 10.2. The molecule has 2 N–H and O–H groups in total. The van der Waals surface area contributed by atoms with Crippen LogP contribution in [0.2, 0.25) is 0 Å². The standard InChI is InChI=1S/C20H27N7O.HI/c1-5-21-20(22-11-10-19-24-16(4)26-28-19)23-13-17-8-6-7-9-18(17)27-15(3)12-14(2)25-27;/h6-9,12H,5,10-11,13H2,1-4H3,(H2,21,22,23);1H. The Kier molecular flexibility index (Phi) is 8.62. The number of benzene rings is 1. The van der Waals surface area contributed by atoms with E-state index in [0.717, 1.165) is 35.1 Å². The lowest BCUT2D eigenvalue weighted by Crippen LogP contribution is -2.38. The van der Waals surface area contributed by atoms with Crippen LogP contribution < -0.4 is 10.6 Å². The normalized spacial score (nSPS) is 11.2. The highest BCUT2D eigenvalue weighted by Crippen LogP contribution is 2.17. The van der Waals surface area contributed by atoms with E-state index in [9.17, 15) is 0 Å². The Hall–Kier alpha value is -2.43. The van der Waals surface area contributed by atoms with Crippen molar-refractivity contribution in [2.24, 2.45) is 4.99 Å². The van der Waals surface area contributed by atoms with E-state index in [2.05, 4.69) is 51.0 Å². The molecule has 0 saturated heterocycles. The number of nitrogens with one attached hydrogen (secondary N) is 2. The van der Waals surface area contributed by atoms with Crippen molar-refractivity contribution in [2.45, 2.75) is 40.7 Å². The predicted octanol–water partition coefficient (Wildman–Crippen LogP) is 3.10. The molecule has 0 fully saturated rings. The lowest BCUT2D eigenvalue weighted by molar-refractivity contribution is 0.374. The first-order valence-corrected chi connectivity index (χ1v) is 9.49. The Morgan fingerprint density at radius 3 is 2.62 bits per heavy atom. The molecule has 2 heterocycles. The van der Waals surface area contributed by atoms with Crippen molar-refractivity contribution in [2.75, 3.05) is 13.1 Å². The molecule has 0 amide bonds. The molecule has 0 aliphatic carbocycles. The van der Waals surface area contributed by atoms with Gasteiger partial charge in [-0.3, -0.25) is 0 Å². The average Bonchev–Trinajstić information content (AvgIpc) is 3.24. The molecule has 0 aliphatic heterocycles. The van der Waals surface area contributed by atoms with Crippen LogP contribution in [0.1, 0.15) is 35.6 Å². The number of hydrogen-bond donors (Lipinski definition) is 2. The van der Waals surface area contributed by atoms with Gasteiger partial charge in [-0.15, -0.1) is 24.0 Å². The molecule has 156 valence electrons. The number of hydrogen-bond acceptors (Lipinski definition) is 5. The number of guanidine groups is 1. The minimum Gasteiger partial charge on any atom is -0.357 e. The van der Waals surface area contributed by atoms with Crippen LogP contribution in [0.15, 0.2) is 39.8 Å². The van der Waals surface area contributed by atoms with E-state index >= 15 is 0 Å². The molecule has 0 bridgehead atoms. The Morgan fingerprint density at radius 1 is 1.17 bits per heavy atom. The molecule has 0 atom stereocenters. The van der Waals surface area contributed by atoms with Crippen LogP contribution in [0.4, 0.5) is 0 Å². The van der Waals surface area contributed by atoms with Gasteiger partial charge in [0.1, 0.15) is 0 Å². The van der Waals surface area contributed by atoms with Gasteiger partial charge >= 0.3 is 0 Å². The number of para-hydroxylation sites is 1. The third-order valence-corrected chi connectivity index (χ3v) is 4.18. The van der Waals surface area contributed by atoms with E-state index in [-0.39, 0.29) is 24.0 Å². The molecular formula is C20H28IN7O. The van der Waals surface area contributed by atoms with Crippen LogP contribution in [0, 0.1) is 20.8 Å². The van der Waals surface area contributed by atoms with Gasteiger partial charge in [0.25, 0.3) is 0 Å². The highest BCUT2D eigenvalue weighted by Gasteiger charge is 2.09. The van der Waals surface area contributed by atoms with Crippen molar-refractivity contribution in [3.8, 4) is 5.69 Å². The summed E-state index contributed by atoms with van der Waals surface area (Å²) in [4.78, 5) is 8.94. The van der Waals surface area contributed by atoms with E-state index in [4.69, 9.17) is 9.52 Å². The number of nitrogens with zero attached hydrogens (tertiary/aromatic N) is 5. The number of aliphatic imine (C=N–C) groups is 1. The summed E-state index contributed by atoms with van der Waals surface area (Å²) in [5, 5.41) is 15.0. The number of rotatable bonds is 7. The van der Waals surface area contributed by atoms with Crippen molar-refractivity contribution in [1.29, 1.82) is 0 Å². The van der Waals surface area contributed by atoms with Crippen LogP contribution in [-0.4, -0.2) is 39.0 Å². The van der Waals surface area contributed by atoms with Crippen molar-refractivity contribution in [1.82, 2.24) is 30.6 Å². The Balaban J connectivity index is 0.00000300. The van der Waals surface area contributed by atoms with Gasteiger partial charge in [0.15, 0.2) is 11.8 Å². The second-order valence-electron chi connectivity index (χ2n) is 6.57. The van der Waals surface area contributed by atoms with Crippen LogP contribution in [-0.2, 0) is 13.0 Å². The summed E-state index contributed by atoms with van der Waals surface area (Å²) in [6.07, 6.45) is 0.646. The maximum Gasteiger partial charge on any atom is 0.228 e. The molecule has 1 aromatic carbocycles. The Labute approximate surface area is 188 Å². The average molecular weight is 509 g/mol. The highest BCUT2D eigenvalue weighted by atomic mass is 127. The van der Waals surface area contributed by atoms with Crippen LogP contribution in [0.3, 0.4) is 0 Å². The molecule has 0 radical (unpaired) electrons. The van der Waals surface area contributed by atoms with E-state index in [1.165, 1.54) is 0 Å². The van der Waals surface area contributed by atoms with Crippen LogP contribution in [0.25, 0.3) is 5.69 Å². The number of aromatic nitrogens is 4. The second kappa shape index (κ2) is 10.9. The fraction of sp³-hybridized carbons (Fsp3) is 0.400. The molecule has 8 nitrogen and oxygen atoms in total. The van der Waals surface area contributed by atoms with E-state index in [0.29, 0.717) is 31.2 Å². The summed E-state index contributed by atoms with van der Waals surface area (Å²) in [7, 11) is 0. The third kappa shape index (κ3) is 6.28. The van der Waals surface area contributed by atoms with Crippen LogP contribution >= 0.6 is 24.0 Å². The lowest BCUT2D eigenvalue weighted by Gasteiger charge is -2.12. The fourth-order valence-electron chi connectivity index (χ4n) is 2.96. The topological polar surface area (TPSA) is 93.2 Å². The first-order valence-electron chi connectivity index (χ1n) is 9.49. The van der Waals surface area contributed by atoms with Gasteiger partial charge in [0.2, 0.25) is 5.89 Å². The van der Waals surface area contributed by atoms with Gasteiger partial charge in [-0.1, -0.05) is 23.4 Å². The predicted molar refractivity (Wildman–Crippen MR) is 124 cm³/mol. The largest absolute Gasteiger partial charge is 0.357 e. The fourth-order valence-corrected chi connectivity index (χ4v) is 2.96. The monoisotopic (exact) mass is 509 g/mol. The Morgan fingerprint density at radius 2 is 1.97 bits per heavy atom. The molecule has 0 unspecified atom stereocenters. The minimum atomic E-state index is 0. The zero-order chi connectivity index (χ0) is 19.9. The van der Waals surface area contributed by atoms with E-state index < -0.39 is 0 Å². The number of halogens is 1. The van der Waals surface area contributed by atoms with Crippen LogP contribution in [0.5, 0.6) is 0 Å². The van der Waals surface area contributed by atoms with Crippen molar-refractivity contribution in [3.05, 3.63) is 59.0 Å². The van der Waals surface area contributed by atoms with Gasteiger partial charge in [0.05, 0.1) is 17.9 Å². The summed E-state index contributed by atoms with van der Waals surface area (Å²) >= 11 is 0. The van der Waals surface area contributed by atoms with Gasteiger partial charge in [0, 0.05) is 25.2 Å². The third-order valence-electron chi connectivity index (χ3n) is 4.18. The SMILES string of the molecule is CCNC(=NCc1ccccc1-n1nc(C)cc1C)NCCc1nc(C)no1.I. The Bertz CT molecular complexity index is 948. The summed E-state index contributed by atoms with van der Waals surface area (Å²) in [5.74, 6) is 2.02. The van der Waals surface area contributed by atoms with Gasteiger partial charge in [-0.05, 0) is 45.4 Å². The summed E-state index contributed by atoms with van der Waals surface area (Å²) < 4.78 is 7.11. The van der Waals surface area contributed by atoms with Gasteiger partial charge in [-0.25, -0.2) is 9.67 Å².